The van der Waals surface area contributed by atoms with Crippen LogP contribution in [0.1, 0.15) is 6.92 Å². The van der Waals surface area contributed by atoms with Gasteiger partial charge >= 0.3 is 17.1 Å². The van der Waals surface area contributed by atoms with Gasteiger partial charge in [-0.2, -0.15) is 0 Å². The molecule has 1 rings (SSSR count). The first-order chi connectivity index (χ1) is 6.00. The van der Waals surface area contributed by atoms with Crippen LogP contribution in [0, 0.1) is 0 Å². The van der Waals surface area contributed by atoms with Crippen molar-refractivity contribution in [2.75, 3.05) is 0 Å². The van der Waals surface area contributed by atoms with Gasteiger partial charge in [0.25, 0.3) is 0 Å². The molecule has 0 aliphatic heterocycles. The van der Waals surface area contributed by atoms with Gasteiger partial charge < -0.3 is 0 Å². The quantitative estimate of drug-likeness (QED) is 0.564. The number of rotatable bonds is 2. The van der Waals surface area contributed by atoms with Gasteiger partial charge in [0, 0.05) is 0 Å². The zero-order chi connectivity index (χ0) is 10.0. The van der Waals surface area contributed by atoms with Crippen LogP contribution >= 0.6 is 0 Å². The standard InChI is InChI=1S/C7H9N3O3/c1-4(2)3-10-6(12)8-5(11)9-7(10)13/h1,3H2,2H3,(H2,8,9,11,12,13). The molecule has 0 atom stereocenters. The lowest BCUT2D eigenvalue weighted by molar-refractivity contribution is 0.647. The van der Waals surface area contributed by atoms with Crippen LogP contribution in [0.25, 0.3) is 0 Å². The van der Waals surface area contributed by atoms with Crippen LogP contribution in [-0.4, -0.2) is 14.5 Å². The lowest BCUT2D eigenvalue weighted by Crippen LogP contribution is -2.43. The third-order valence-electron chi connectivity index (χ3n) is 1.36. The van der Waals surface area contributed by atoms with E-state index in [0.29, 0.717) is 5.57 Å². The Balaban J connectivity index is 3.38. The predicted octanol–water partition coefficient (Wildman–Crippen LogP) is -1.20. The third kappa shape index (κ3) is 2.05. The van der Waals surface area contributed by atoms with Crippen molar-refractivity contribution in [1.82, 2.24) is 14.5 Å². The maximum Gasteiger partial charge on any atom is 0.333 e. The minimum absolute atomic E-state index is 0.102. The summed E-state index contributed by atoms with van der Waals surface area (Å²) >= 11 is 0. The van der Waals surface area contributed by atoms with Crippen LogP contribution in [0.2, 0.25) is 0 Å². The van der Waals surface area contributed by atoms with E-state index in [0.717, 1.165) is 4.57 Å². The number of allylic oxidation sites excluding steroid dienone is 1. The number of H-pyrrole nitrogens is 2. The number of nitrogens with one attached hydrogen (secondary N) is 2. The average Bonchev–Trinajstić information content (AvgIpc) is 1.96. The Bertz CT molecular complexity index is 456. The van der Waals surface area contributed by atoms with Crippen LogP contribution in [-0.2, 0) is 6.54 Å². The summed E-state index contributed by atoms with van der Waals surface area (Å²) in [4.78, 5) is 36.6. The van der Waals surface area contributed by atoms with E-state index >= 15 is 0 Å². The molecular weight excluding hydrogens is 174 g/mol. The fourth-order valence-corrected chi connectivity index (χ4v) is 0.866. The van der Waals surface area contributed by atoms with E-state index in [9.17, 15) is 14.4 Å². The van der Waals surface area contributed by atoms with E-state index < -0.39 is 17.1 Å². The summed E-state index contributed by atoms with van der Waals surface area (Å²) < 4.78 is 0.865. The molecule has 0 fully saturated rings. The van der Waals surface area contributed by atoms with Crippen molar-refractivity contribution in [2.45, 2.75) is 13.5 Å². The fraction of sp³-hybridized carbons (Fsp3) is 0.286. The highest BCUT2D eigenvalue weighted by Gasteiger charge is 2.01. The molecule has 0 radical (unpaired) electrons. The van der Waals surface area contributed by atoms with Crippen molar-refractivity contribution in [3.63, 3.8) is 0 Å². The number of hydrogen-bond donors (Lipinski definition) is 2. The molecule has 1 heterocycles. The number of hydrogen-bond acceptors (Lipinski definition) is 3. The molecule has 0 unspecified atom stereocenters. The van der Waals surface area contributed by atoms with Crippen LogP contribution in [0.3, 0.4) is 0 Å². The van der Waals surface area contributed by atoms with Crippen molar-refractivity contribution in [3.8, 4) is 0 Å². The van der Waals surface area contributed by atoms with Crippen LogP contribution in [0.5, 0.6) is 0 Å². The molecule has 1 aromatic rings. The Morgan fingerprint density at radius 2 is 1.77 bits per heavy atom. The summed E-state index contributed by atoms with van der Waals surface area (Å²) in [6.45, 7) is 5.33. The highest BCUT2D eigenvalue weighted by molar-refractivity contribution is 4.89. The highest BCUT2D eigenvalue weighted by Crippen LogP contribution is 1.85. The second-order valence-corrected chi connectivity index (χ2v) is 2.73. The molecule has 0 bridgehead atoms. The van der Waals surface area contributed by atoms with Crippen LogP contribution in [0.4, 0.5) is 0 Å². The van der Waals surface area contributed by atoms with Crippen LogP contribution in [0.15, 0.2) is 26.5 Å². The monoisotopic (exact) mass is 183 g/mol. The molecule has 0 saturated carbocycles. The molecule has 0 saturated heterocycles. The maximum absolute atomic E-state index is 11.0. The highest BCUT2D eigenvalue weighted by atomic mass is 16.2. The topological polar surface area (TPSA) is 87.7 Å². The summed E-state index contributed by atoms with van der Waals surface area (Å²) in [6.07, 6.45) is 0. The number of nitrogens with zero attached hydrogens (tertiary/aromatic N) is 1. The number of aromatic nitrogens is 3. The summed E-state index contributed by atoms with van der Waals surface area (Å²) in [7, 11) is 0. The molecule has 0 spiro atoms. The molecule has 70 valence electrons. The van der Waals surface area contributed by atoms with Gasteiger partial charge in [-0.3, -0.25) is 9.97 Å². The Kier molecular flexibility index (Phi) is 2.32. The van der Waals surface area contributed by atoms with Gasteiger partial charge in [-0.25, -0.2) is 19.0 Å². The van der Waals surface area contributed by atoms with Gasteiger partial charge in [0.15, 0.2) is 0 Å². The first-order valence-corrected chi connectivity index (χ1v) is 3.58. The van der Waals surface area contributed by atoms with Gasteiger partial charge in [-0.1, -0.05) is 12.2 Å². The molecule has 6 heteroatoms. The molecule has 13 heavy (non-hydrogen) atoms. The zero-order valence-corrected chi connectivity index (χ0v) is 7.09. The fourth-order valence-electron chi connectivity index (χ4n) is 0.866. The molecule has 0 aliphatic carbocycles. The van der Waals surface area contributed by atoms with Crippen molar-refractivity contribution in [2.24, 2.45) is 0 Å². The summed E-state index contributed by atoms with van der Waals surface area (Å²) in [5.74, 6) is 0. The van der Waals surface area contributed by atoms with Gasteiger partial charge in [-0.15, -0.1) is 0 Å². The molecule has 0 aliphatic rings. The van der Waals surface area contributed by atoms with Gasteiger partial charge in [-0.05, 0) is 6.92 Å². The Morgan fingerprint density at radius 3 is 2.15 bits per heavy atom. The van der Waals surface area contributed by atoms with E-state index in [4.69, 9.17) is 0 Å². The Labute approximate surface area is 72.6 Å². The SMILES string of the molecule is C=C(C)Cn1c(=O)[nH]c(=O)[nH]c1=O. The summed E-state index contributed by atoms with van der Waals surface area (Å²) in [6, 6.07) is 0. The minimum Gasteiger partial charge on any atom is -0.259 e. The first kappa shape index (κ1) is 9.24. The van der Waals surface area contributed by atoms with E-state index in [-0.39, 0.29) is 6.54 Å². The lowest BCUT2D eigenvalue weighted by atomic mass is 10.3. The molecular formula is C7H9N3O3. The van der Waals surface area contributed by atoms with Crippen LogP contribution < -0.4 is 17.1 Å². The van der Waals surface area contributed by atoms with E-state index in [2.05, 4.69) is 6.58 Å². The van der Waals surface area contributed by atoms with E-state index in [1.165, 1.54) is 0 Å². The summed E-state index contributed by atoms with van der Waals surface area (Å²) in [5.41, 5.74) is -1.60. The van der Waals surface area contributed by atoms with Gasteiger partial charge in [0.05, 0.1) is 6.54 Å². The maximum atomic E-state index is 11.0. The molecule has 0 aromatic carbocycles. The first-order valence-electron chi connectivity index (χ1n) is 3.58. The van der Waals surface area contributed by atoms with Gasteiger partial charge in [0.1, 0.15) is 0 Å². The molecule has 2 N–H and O–H groups in total. The number of aromatic amines is 2. The predicted molar refractivity (Wildman–Crippen MR) is 46.8 cm³/mol. The van der Waals surface area contributed by atoms with Crippen molar-refractivity contribution < 1.29 is 0 Å². The average molecular weight is 183 g/mol. The Hall–Kier alpha value is -1.85. The second-order valence-electron chi connectivity index (χ2n) is 2.73. The third-order valence-corrected chi connectivity index (χ3v) is 1.36. The molecule has 1 aromatic heterocycles. The Morgan fingerprint density at radius 1 is 1.31 bits per heavy atom. The van der Waals surface area contributed by atoms with E-state index in [1.54, 1.807) is 6.92 Å². The normalized spacial score (nSPS) is 9.92. The zero-order valence-electron chi connectivity index (χ0n) is 7.09. The van der Waals surface area contributed by atoms with E-state index in [1.807, 2.05) is 9.97 Å². The van der Waals surface area contributed by atoms with Crippen molar-refractivity contribution >= 4 is 0 Å². The second kappa shape index (κ2) is 3.26. The molecule has 6 nitrogen and oxygen atoms in total. The summed E-state index contributed by atoms with van der Waals surface area (Å²) in [5, 5.41) is 0. The smallest absolute Gasteiger partial charge is 0.259 e. The van der Waals surface area contributed by atoms with Crippen molar-refractivity contribution in [3.05, 3.63) is 43.6 Å². The van der Waals surface area contributed by atoms with Gasteiger partial charge in [0.2, 0.25) is 0 Å². The molecule has 0 amide bonds. The lowest BCUT2D eigenvalue weighted by Gasteiger charge is -2.00. The largest absolute Gasteiger partial charge is 0.333 e. The van der Waals surface area contributed by atoms with Crippen molar-refractivity contribution in [1.29, 1.82) is 0 Å². The minimum atomic E-state index is -0.798.